The molecule has 5 nitrogen and oxygen atoms in total. The fourth-order valence-electron chi connectivity index (χ4n) is 3.48. The van der Waals surface area contributed by atoms with Crippen molar-refractivity contribution >= 4 is 34.9 Å². The van der Waals surface area contributed by atoms with Crippen LogP contribution in [0.15, 0.2) is 48.5 Å². The Labute approximate surface area is 151 Å². The van der Waals surface area contributed by atoms with Crippen LogP contribution in [0, 0.1) is 0 Å². The normalized spacial score (nSPS) is 15.6. The van der Waals surface area contributed by atoms with Gasteiger partial charge in [0, 0.05) is 16.4 Å². The second-order valence-corrected chi connectivity index (χ2v) is 6.76. The van der Waals surface area contributed by atoms with Gasteiger partial charge in [-0.25, -0.2) is 4.79 Å². The topological polar surface area (TPSA) is 84.2 Å². The fourth-order valence-corrected chi connectivity index (χ4v) is 3.67. The van der Waals surface area contributed by atoms with Gasteiger partial charge in [-0.1, -0.05) is 42.6 Å². The molecule has 0 aliphatic heterocycles. The van der Waals surface area contributed by atoms with E-state index in [1.54, 1.807) is 24.3 Å². The molecular formula is C19H20ClN3O2. The molecule has 0 aromatic heterocycles. The first-order valence-corrected chi connectivity index (χ1v) is 8.61. The van der Waals surface area contributed by atoms with Gasteiger partial charge in [0.15, 0.2) is 0 Å². The third-order valence-corrected chi connectivity index (χ3v) is 4.89. The number of hydrogen-bond acceptors (Lipinski definition) is 2. The molecule has 0 saturated heterocycles. The molecule has 0 unspecified atom stereocenters. The van der Waals surface area contributed by atoms with Crippen LogP contribution in [0.1, 0.15) is 31.2 Å². The van der Waals surface area contributed by atoms with Crippen molar-refractivity contribution < 1.29 is 9.59 Å². The van der Waals surface area contributed by atoms with E-state index in [9.17, 15) is 9.59 Å². The van der Waals surface area contributed by atoms with Gasteiger partial charge < -0.3 is 16.4 Å². The first-order chi connectivity index (χ1) is 12.0. The van der Waals surface area contributed by atoms with E-state index in [-0.39, 0.29) is 5.91 Å². The van der Waals surface area contributed by atoms with Crippen LogP contribution < -0.4 is 16.4 Å². The van der Waals surface area contributed by atoms with Crippen LogP contribution in [-0.4, -0.2) is 11.9 Å². The molecule has 0 atom stereocenters. The SMILES string of the molecule is NC(=O)Nc1cccc(NC(=O)C2(c3cccc(Cl)c3)CCCC2)c1. The summed E-state index contributed by atoms with van der Waals surface area (Å²) in [7, 11) is 0. The number of rotatable bonds is 4. The van der Waals surface area contributed by atoms with Gasteiger partial charge in [-0.3, -0.25) is 4.79 Å². The lowest BCUT2D eigenvalue weighted by molar-refractivity contribution is -0.121. The summed E-state index contributed by atoms with van der Waals surface area (Å²) in [5.74, 6) is -0.0523. The Kier molecular flexibility index (Phi) is 4.95. The molecule has 25 heavy (non-hydrogen) atoms. The fraction of sp³-hybridized carbons (Fsp3) is 0.263. The maximum Gasteiger partial charge on any atom is 0.316 e. The largest absolute Gasteiger partial charge is 0.351 e. The predicted molar refractivity (Wildman–Crippen MR) is 99.9 cm³/mol. The average molecular weight is 358 g/mol. The zero-order valence-electron chi connectivity index (χ0n) is 13.7. The second-order valence-electron chi connectivity index (χ2n) is 6.32. The summed E-state index contributed by atoms with van der Waals surface area (Å²) in [6.07, 6.45) is 3.59. The number of primary amides is 1. The molecule has 1 aliphatic rings. The maximum atomic E-state index is 13.1. The maximum absolute atomic E-state index is 13.1. The minimum Gasteiger partial charge on any atom is -0.351 e. The van der Waals surface area contributed by atoms with E-state index in [1.807, 2.05) is 24.3 Å². The van der Waals surface area contributed by atoms with Gasteiger partial charge in [0.25, 0.3) is 0 Å². The highest BCUT2D eigenvalue weighted by Crippen LogP contribution is 2.42. The number of halogens is 1. The van der Waals surface area contributed by atoms with Gasteiger partial charge >= 0.3 is 6.03 Å². The first-order valence-electron chi connectivity index (χ1n) is 8.24. The summed E-state index contributed by atoms with van der Waals surface area (Å²) in [4.78, 5) is 24.1. The van der Waals surface area contributed by atoms with Gasteiger partial charge in [-0.2, -0.15) is 0 Å². The molecule has 1 saturated carbocycles. The van der Waals surface area contributed by atoms with E-state index in [0.29, 0.717) is 16.4 Å². The number of urea groups is 1. The van der Waals surface area contributed by atoms with Crippen LogP contribution in [0.4, 0.5) is 16.2 Å². The summed E-state index contributed by atoms with van der Waals surface area (Å²) in [5.41, 5.74) is 6.66. The highest BCUT2D eigenvalue weighted by atomic mass is 35.5. The summed E-state index contributed by atoms with van der Waals surface area (Å²) >= 11 is 6.14. The van der Waals surface area contributed by atoms with Crippen molar-refractivity contribution in [3.63, 3.8) is 0 Å². The van der Waals surface area contributed by atoms with Gasteiger partial charge in [0.2, 0.25) is 5.91 Å². The van der Waals surface area contributed by atoms with Crippen LogP contribution in [0.5, 0.6) is 0 Å². The molecule has 1 fully saturated rings. The van der Waals surface area contributed by atoms with Crippen molar-refractivity contribution in [1.82, 2.24) is 0 Å². The zero-order valence-corrected chi connectivity index (χ0v) is 14.5. The van der Waals surface area contributed by atoms with E-state index >= 15 is 0 Å². The predicted octanol–water partition coefficient (Wildman–Crippen LogP) is 4.28. The highest BCUT2D eigenvalue weighted by molar-refractivity contribution is 6.30. The molecule has 6 heteroatoms. The van der Waals surface area contributed by atoms with Gasteiger partial charge in [-0.05, 0) is 48.7 Å². The molecule has 0 radical (unpaired) electrons. The lowest BCUT2D eigenvalue weighted by atomic mass is 9.78. The van der Waals surface area contributed by atoms with Gasteiger partial charge in [-0.15, -0.1) is 0 Å². The first kappa shape index (κ1) is 17.3. The average Bonchev–Trinajstić information content (AvgIpc) is 3.05. The van der Waals surface area contributed by atoms with Gasteiger partial charge in [0.1, 0.15) is 0 Å². The molecule has 0 spiro atoms. The Morgan fingerprint density at radius 1 is 0.960 bits per heavy atom. The molecule has 4 N–H and O–H groups in total. The molecule has 1 aliphatic carbocycles. The molecule has 3 rings (SSSR count). The summed E-state index contributed by atoms with van der Waals surface area (Å²) in [6, 6.07) is 13.8. The van der Waals surface area contributed by atoms with Crippen LogP contribution in [-0.2, 0) is 10.2 Å². The number of nitrogens with two attached hydrogens (primary N) is 1. The van der Waals surface area contributed by atoms with Crippen molar-refractivity contribution in [1.29, 1.82) is 0 Å². The number of benzene rings is 2. The van der Waals surface area contributed by atoms with E-state index in [0.717, 1.165) is 31.2 Å². The van der Waals surface area contributed by atoms with E-state index < -0.39 is 11.4 Å². The van der Waals surface area contributed by atoms with Crippen molar-refractivity contribution in [3.05, 3.63) is 59.1 Å². The number of nitrogens with one attached hydrogen (secondary N) is 2. The lowest BCUT2D eigenvalue weighted by Crippen LogP contribution is -2.38. The van der Waals surface area contributed by atoms with Crippen molar-refractivity contribution in [2.24, 2.45) is 5.73 Å². The monoisotopic (exact) mass is 357 g/mol. The Balaban J connectivity index is 1.86. The smallest absolute Gasteiger partial charge is 0.316 e. The van der Waals surface area contributed by atoms with E-state index in [4.69, 9.17) is 17.3 Å². The number of amides is 3. The molecule has 3 amide bonds. The van der Waals surface area contributed by atoms with Crippen LogP contribution in [0.2, 0.25) is 5.02 Å². The number of carbonyl (C=O) groups is 2. The Hall–Kier alpha value is -2.53. The number of carbonyl (C=O) groups excluding carboxylic acids is 2. The summed E-state index contributed by atoms with van der Waals surface area (Å²) in [6.45, 7) is 0. The third kappa shape index (κ3) is 3.77. The minimum atomic E-state index is -0.644. The Bertz CT molecular complexity index is 801. The molecule has 0 heterocycles. The van der Waals surface area contributed by atoms with Crippen LogP contribution >= 0.6 is 11.6 Å². The third-order valence-electron chi connectivity index (χ3n) is 4.66. The highest BCUT2D eigenvalue weighted by Gasteiger charge is 2.42. The van der Waals surface area contributed by atoms with Crippen molar-refractivity contribution in [3.8, 4) is 0 Å². The standard InChI is InChI=1S/C19H20ClN3O2/c20-14-6-3-5-13(11-14)19(9-1-2-10-19)17(24)22-15-7-4-8-16(12-15)23-18(21)25/h3-8,11-12H,1-2,9-10H2,(H,22,24)(H3,21,23,25). The number of hydrogen-bond donors (Lipinski definition) is 3. The summed E-state index contributed by atoms with van der Waals surface area (Å²) in [5, 5.41) is 6.12. The molecule has 130 valence electrons. The molecular weight excluding hydrogens is 338 g/mol. The van der Waals surface area contributed by atoms with E-state index in [1.165, 1.54) is 0 Å². The molecule has 2 aromatic rings. The number of anilines is 2. The Morgan fingerprint density at radius 3 is 2.24 bits per heavy atom. The molecule has 2 aromatic carbocycles. The van der Waals surface area contributed by atoms with Gasteiger partial charge in [0.05, 0.1) is 5.41 Å². The van der Waals surface area contributed by atoms with Crippen LogP contribution in [0.25, 0.3) is 0 Å². The second kappa shape index (κ2) is 7.15. The van der Waals surface area contributed by atoms with Crippen molar-refractivity contribution in [2.75, 3.05) is 10.6 Å². The minimum absolute atomic E-state index is 0.0523. The Morgan fingerprint density at radius 2 is 1.60 bits per heavy atom. The lowest BCUT2D eigenvalue weighted by Gasteiger charge is -2.28. The van der Waals surface area contributed by atoms with E-state index in [2.05, 4.69) is 10.6 Å². The van der Waals surface area contributed by atoms with Crippen molar-refractivity contribution in [2.45, 2.75) is 31.1 Å². The molecule has 0 bridgehead atoms. The summed E-state index contributed by atoms with van der Waals surface area (Å²) < 4.78 is 0. The zero-order chi connectivity index (χ0) is 17.9. The quantitative estimate of drug-likeness (QED) is 0.762. The van der Waals surface area contributed by atoms with Crippen LogP contribution in [0.3, 0.4) is 0 Å².